The number of nitrogen functional groups attached to an aromatic ring is 1. The highest BCUT2D eigenvalue weighted by Gasteiger charge is 2.17. The summed E-state index contributed by atoms with van der Waals surface area (Å²) in [6, 6.07) is 3.58. The normalized spacial score (nSPS) is 10.7. The molecule has 0 aliphatic heterocycles. The number of amides is 1. The van der Waals surface area contributed by atoms with Crippen molar-refractivity contribution in [3.05, 3.63) is 41.2 Å². The van der Waals surface area contributed by atoms with E-state index in [1.165, 1.54) is 11.3 Å². The van der Waals surface area contributed by atoms with E-state index in [1.807, 2.05) is 13.0 Å². The summed E-state index contributed by atoms with van der Waals surface area (Å²) in [5, 5.41) is 11.3. The van der Waals surface area contributed by atoms with Gasteiger partial charge in [-0.2, -0.15) is 5.10 Å². The van der Waals surface area contributed by atoms with E-state index in [9.17, 15) is 4.79 Å². The van der Waals surface area contributed by atoms with Crippen LogP contribution in [0.5, 0.6) is 0 Å². The van der Waals surface area contributed by atoms with Crippen LogP contribution in [0.4, 0.5) is 11.4 Å². The lowest BCUT2D eigenvalue weighted by Gasteiger charge is -2.06. The van der Waals surface area contributed by atoms with Crippen molar-refractivity contribution in [2.24, 2.45) is 0 Å². The molecule has 1 amide bonds. The number of hydrogen-bond donors (Lipinski definition) is 2. The number of pyridine rings is 1. The van der Waals surface area contributed by atoms with E-state index < -0.39 is 0 Å². The Morgan fingerprint density at radius 1 is 1.35 bits per heavy atom. The minimum absolute atomic E-state index is 0.262. The molecule has 20 heavy (non-hydrogen) atoms. The maximum absolute atomic E-state index is 12.3. The SMILES string of the molecule is Cc1ccncc1NC(=O)c1sc2nnccc2c1N. The molecule has 0 aliphatic rings. The van der Waals surface area contributed by atoms with Crippen LogP contribution in [0.1, 0.15) is 15.2 Å². The Morgan fingerprint density at radius 2 is 2.20 bits per heavy atom. The van der Waals surface area contributed by atoms with Gasteiger partial charge in [0.2, 0.25) is 0 Å². The maximum Gasteiger partial charge on any atom is 0.268 e. The van der Waals surface area contributed by atoms with Gasteiger partial charge in [0, 0.05) is 11.6 Å². The number of rotatable bonds is 2. The van der Waals surface area contributed by atoms with Gasteiger partial charge in [-0.3, -0.25) is 9.78 Å². The molecule has 100 valence electrons. The van der Waals surface area contributed by atoms with Crippen LogP contribution >= 0.6 is 11.3 Å². The number of fused-ring (bicyclic) bond motifs is 1. The molecule has 3 N–H and O–H groups in total. The number of carbonyl (C=O) groups is 1. The quantitative estimate of drug-likeness (QED) is 0.753. The molecule has 0 saturated carbocycles. The predicted octanol–water partition coefficient (Wildman–Crippen LogP) is 2.23. The third kappa shape index (κ3) is 2.08. The fraction of sp³-hybridized carbons (Fsp3) is 0.0769. The number of carbonyl (C=O) groups excluding carboxylic acids is 1. The summed E-state index contributed by atoms with van der Waals surface area (Å²) in [6.07, 6.45) is 4.84. The van der Waals surface area contributed by atoms with Gasteiger partial charge < -0.3 is 11.1 Å². The van der Waals surface area contributed by atoms with Crippen molar-refractivity contribution in [3.63, 3.8) is 0 Å². The molecule has 0 aromatic carbocycles. The van der Waals surface area contributed by atoms with Crippen LogP contribution < -0.4 is 11.1 Å². The summed E-state index contributed by atoms with van der Waals surface area (Å²) < 4.78 is 0. The van der Waals surface area contributed by atoms with Gasteiger partial charge in [-0.25, -0.2) is 0 Å². The summed E-state index contributed by atoms with van der Waals surface area (Å²) in [5.74, 6) is -0.262. The number of hydrogen-bond acceptors (Lipinski definition) is 6. The van der Waals surface area contributed by atoms with E-state index in [4.69, 9.17) is 5.73 Å². The fourth-order valence-corrected chi connectivity index (χ4v) is 2.75. The highest BCUT2D eigenvalue weighted by atomic mass is 32.1. The lowest BCUT2D eigenvalue weighted by molar-refractivity contribution is 0.103. The monoisotopic (exact) mass is 285 g/mol. The van der Waals surface area contributed by atoms with Gasteiger partial charge in [0.25, 0.3) is 5.91 Å². The molecule has 0 bridgehead atoms. The number of nitrogens with zero attached hydrogens (tertiary/aromatic N) is 3. The Morgan fingerprint density at radius 3 is 2.95 bits per heavy atom. The van der Waals surface area contributed by atoms with E-state index in [2.05, 4.69) is 20.5 Å². The average molecular weight is 285 g/mol. The molecule has 7 heteroatoms. The molecule has 3 rings (SSSR count). The van der Waals surface area contributed by atoms with Crippen molar-refractivity contribution in [1.82, 2.24) is 15.2 Å². The largest absolute Gasteiger partial charge is 0.397 e. The Hall–Kier alpha value is -2.54. The van der Waals surface area contributed by atoms with Crippen LogP contribution in [-0.4, -0.2) is 21.1 Å². The van der Waals surface area contributed by atoms with Crippen molar-refractivity contribution in [1.29, 1.82) is 0 Å². The Balaban J connectivity index is 1.97. The first-order valence-corrected chi connectivity index (χ1v) is 6.70. The third-order valence-electron chi connectivity index (χ3n) is 2.91. The zero-order chi connectivity index (χ0) is 14.1. The molecule has 6 nitrogen and oxygen atoms in total. The van der Waals surface area contributed by atoms with Crippen molar-refractivity contribution in [2.75, 3.05) is 11.1 Å². The molecule has 3 aromatic rings. The highest BCUT2D eigenvalue weighted by molar-refractivity contribution is 7.21. The van der Waals surface area contributed by atoms with Crippen LogP contribution in [0.15, 0.2) is 30.7 Å². The lowest BCUT2D eigenvalue weighted by Crippen LogP contribution is -2.13. The van der Waals surface area contributed by atoms with Crippen LogP contribution in [0.25, 0.3) is 10.2 Å². The fourth-order valence-electron chi connectivity index (χ4n) is 1.82. The van der Waals surface area contributed by atoms with Crippen molar-refractivity contribution < 1.29 is 4.79 Å². The number of aromatic nitrogens is 3. The summed E-state index contributed by atoms with van der Waals surface area (Å²) in [4.78, 5) is 17.4. The van der Waals surface area contributed by atoms with Gasteiger partial charge in [-0.15, -0.1) is 16.4 Å². The smallest absolute Gasteiger partial charge is 0.268 e. The number of aryl methyl sites for hydroxylation is 1. The molecule has 0 saturated heterocycles. The zero-order valence-corrected chi connectivity index (χ0v) is 11.4. The van der Waals surface area contributed by atoms with Crippen molar-refractivity contribution >= 4 is 38.8 Å². The maximum atomic E-state index is 12.3. The van der Waals surface area contributed by atoms with E-state index in [1.54, 1.807) is 24.7 Å². The molecule has 3 heterocycles. The van der Waals surface area contributed by atoms with Gasteiger partial charge in [0.15, 0.2) is 0 Å². The summed E-state index contributed by atoms with van der Waals surface area (Å²) in [7, 11) is 0. The van der Waals surface area contributed by atoms with E-state index >= 15 is 0 Å². The summed E-state index contributed by atoms with van der Waals surface area (Å²) in [6.45, 7) is 1.90. The van der Waals surface area contributed by atoms with E-state index in [0.717, 1.165) is 10.9 Å². The first kappa shape index (κ1) is 12.5. The second-order valence-corrected chi connectivity index (χ2v) is 5.24. The number of anilines is 2. The summed E-state index contributed by atoms with van der Waals surface area (Å²) in [5.41, 5.74) is 8.03. The molecule has 0 unspecified atom stereocenters. The minimum Gasteiger partial charge on any atom is -0.397 e. The molecule has 0 atom stereocenters. The molecule has 0 aliphatic carbocycles. The molecule has 0 fully saturated rings. The average Bonchev–Trinajstić information content (AvgIpc) is 2.79. The second-order valence-electron chi connectivity index (χ2n) is 4.24. The number of thiophene rings is 1. The summed E-state index contributed by atoms with van der Waals surface area (Å²) >= 11 is 1.23. The van der Waals surface area contributed by atoms with E-state index in [0.29, 0.717) is 21.1 Å². The topological polar surface area (TPSA) is 93.8 Å². The van der Waals surface area contributed by atoms with Crippen LogP contribution in [0.3, 0.4) is 0 Å². The van der Waals surface area contributed by atoms with Crippen LogP contribution in [0.2, 0.25) is 0 Å². The highest BCUT2D eigenvalue weighted by Crippen LogP contribution is 2.32. The van der Waals surface area contributed by atoms with Gasteiger partial charge in [0.05, 0.1) is 23.8 Å². The number of nitrogens with one attached hydrogen (secondary N) is 1. The molecule has 0 spiro atoms. The van der Waals surface area contributed by atoms with Crippen LogP contribution in [-0.2, 0) is 0 Å². The Bertz CT molecular complexity index is 798. The van der Waals surface area contributed by atoms with Gasteiger partial charge in [-0.1, -0.05) is 0 Å². The predicted molar refractivity (Wildman–Crippen MR) is 78.8 cm³/mol. The Labute approximate surface area is 118 Å². The molecular weight excluding hydrogens is 274 g/mol. The first-order chi connectivity index (χ1) is 9.66. The number of nitrogens with two attached hydrogens (primary N) is 1. The standard InChI is InChI=1S/C13H11N5OS/c1-7-2-4-15-6-9(7)17-12(19)11-10(14)8-3-5-16-18-13(8)20-11/h2-6H,14H2,1H3,(H,17,19). The van der Waals surface area contributed by atoms with Crippen molar-refractivity contribution in [2.45, 2.75) is 6.92 Å². The Kier molecular flexibility index (Phi) is 3.03. The minimum atomic E-state index is -0.262. The van der Waals surface area contributed by atoms with Gasteiger partial charge in [0.1, 0.15) is 9.71 Å². The van der Waals surface area contributed by atoms with Gasteiger partial charge >= 0.3 is 0 Å². The molecular formula is C13H11N5OS. The third-order valence-corrected chi connectivity index (χ3v) is 4.02. The molecule has 3 aromatic heterocycles. The van der Waals surface area contributed by atoms with Crippen LogP contribution in [0, 0.1) is 6.92 Å². The van der Waals surface area contributed by atoms with E-state index in [-0.39, 0.29) is 5.91 Å². The second kappa shape index (κ2) is 4.86. The lowest BCUT2D eigenvalue weighted by atomic mass is 10.2. The molecule has 0 radical (unpaired) electrons. The van der Waals surface area contributed by atoms with Gasteiger partial charge in [-0.05, 0) is 24.6 Å². The van der Waals surface area contributed by atoms with Crippen molar-refractivity contribution in [3.8, 4) is 0 Å². The first-order valence-electron chi connectivity index (χ1n) is 5.88. The zero-order valence-electron chi connectivity index (χ0n) is 10.6.